The van der Waals surface area contributed by atoms with Gasteiger partial charge in [-0.2, -0.15) is 0 Å². The number of hydrogen-bond acceptors (Lipinski definition) is 2. The number of halogens is 1. The average molecular weight is 316 g/mol. The summed E-state index contributed by atoms with van der Waals surface area (Å²) in [4.78, 5) is 24.5. The summed E-state index contributed by atoms with van der Waals surface area (Å²) in [7, 11) is 0. The molecule has 2 N–H and O–H groups in total. The predicted molar refractivity (Wildman–Crippen MR) is 82.5 cm³/mol. The molecule has 5 heteroatoms. The number of hydrazine groups is 1. The van der Waals surface area contributed by atoms with E-state index in [0.29, 0.717) is 11.8 Å². The SMILES string of the molecule is O=C(NNC(=O)C1C2CC3CC(C2)CC1C3)c1ccccc1F. The minimum absolute atomic E-state index is 0.00344. The Bertz CT molecular complexity index is 618. The molecule has 5 rings (SSSR count). The fourth-order valence-electron chi connectivity index (χ4n) is 5.27. The molecule has 4 aliphatic rings. The Labute approximate surface area is 134 Å². The molecule has 0 aromatic heterocycles. The van der Waals surface area contributed by atoms with Crippen LogP contribution in [0.15, 0.2) is 24.3 Å². The number of hydrogen-bond donors (Lipinski definition) is 2. The molecule has 4 aliphatic carbocycles. The van der Waals surface area contributed by atoms with Crippen LogP contribution in [0.4, 0.5) is 4.39 Å². The van der Waals surface area contributed by atoms with Crippen LogP contribution in [-0.4, -0.2) is 11.8 Å². The number of amides is 2. The van der Waals surface area contributed by atoms with E-state index in [-0.39, 0.29) is 17.4 Å². The van der Waals surface area contributed by atoms with Crippen molar-refractivity contribution >= 4 is 11.8 Å². The highest BCUT2D eigenvalue weighted by Crippen LogP contribution is 2.56. The highest BCUT2D eigenvalue weighted by molar-refractivity contribution is 5.95. The molecule has 1 aromatic rings. The molecule has 0 atom stereocenters. The molecular weight excluding hydrogens is 295 g/mol. The lowest BCUT2D eigenvalue weighted by Crippen LogP contribution is -2.54. The molecule has 122 valence electrons. The Balaban J connectivity index is 1.39. The molecule has 4 nitrogen and oxygen atoms in total. The van der Waals surface area contributed by atoms with Crippen molar-refractivity contribution in [1.29, 1.82) is 0 Å². The predicted octanol–water partition coefficient (Wildman–Crippen LogP) is 2.66. The van der Waals surface area contributed by atoms with Gasteiger partial charge in [-0.15, -0.1) is 0 Å². The van der Waals surface area contributed by atoms with Gasteiger partial charge in [-0.05, 0) is 67.9 Å². The zero-order chi connectivity index (χ0) is 16.0. The van der Waals surface area contributed by atoms with E-state index < -0.39 is 11.7 Å². The van der Waals surface area contributed by atoms with Crippen molar-refractivity contribution in [1.82, 2.24) is 10.9 Å². The van der Waals surface area contributed by atoms with Crippen LogP contribution >= 0.6 is 0 Å². The Morgan fingerprint density at radius 2 is 1.52 bits per heavy atom. The molecule has 0 unspecified atom stereocenters. The normalized spacial score (nSPS) is 34.2. The molecule has 0 aliphatic heterocycles. The lowest BCUT2D eigenvalue weighted by Gasteiger charge is -2.53. The van der Waals surface area contributed by atoms with Gasteiger partial charge < -0.3 is 0 Å². The fourth-order valence-corrected chi connectivity index (χ4v) is 5.27. The van der Waals surface area contributed by atoms with Crippen molar-refractivity contribution in [2.24, 2.45) is 29.6 Å². The number of carbonyl (C=O) groups is 2. The first-order chi connectivity index (χ1) is 11.1. The molecule has 4 fully saturated rings. The summed E-state index contributed by atoms with van der Waals surface area (Å²) in [5, 5.41) is 0. The number of rotatable bonds is 2. The summed E-state index contributed by atoms with van der Waals surface area (Å²) in [6.07, 6.45) is 5.92. The summed E-state index contributed by atoms with van der Waals surface area (Å²) in [5.74, 6) is 1.21. The molecular formula is C18H21FN2O2. The van der Waals surface area contributed by atoms with E-state index in [0.717, 1.165) is 37.5 Å². The number of carbonyl (C=O) groups excluding carboxylic acids is 2. The maximum Gasteiger partial charge on any atom is 0.272 e. The summed E-state index contributed by atoms with van der Waals surface area (Å²) in [5.41, 5.74) is 4.84. The van der Waals surface area contributed by atoms with E-state index >= 15 is 0 Å². The molecule has 4 saturated carbocycles. The third kappa shape index (κ3) is 2.62. The minimum atomic E-state index is -0.611. The van der Waals surface area contributed by atoms with E-state index in [2.05, 4.69) is 10.9 Å². The van der Waals surface area contributed by atoms with E-state index in [1.807, 2.05) is 0 Å². The summed E-state index contributed by atoms with van der Waals surface area (Å²) < 4.78 is 13.6. The highest BCUT2D eigenvalue weighted by atomic mass is 19.1. The smallest absolute Gasteiger partial charge is 0.272 e. The Kier molecular flexibility index (Phi) is 3.58. The van der Waals surface area contributed by atoms with Gasteiger partial charge in [-0.3, -0.25) is 20.4 Å². The molecule has 0 radical (unpaired) electrons. The molecule has 0 heterocycles. The van der Waals surface area contributed by atoms with Crippen LogP contribution in [0.25, 0.3) is 0 Å². The third-order valence-corrected chi connectivity index (χ3v) is 5.95. The number of nitrogens with one attached hydrogen (secondary N) is 2. The maximum atomic E-state index is 13.6. The standard InChI is InChI=1S/C18H21FN2O2/c19-15-4-2-1-3-14(15)17(22)20-21-18(23)16-12-6-10-5-11(8-12)9-13(16)7-10/h1-4,10-13,16H,5-9H2,(H,20,22)(H,21,23). The van der Waals surface area contributed by atoms with Crippen molar-refractivity contribution < 1.29 is 14.0 Å². The van der Waals surface area contributed by atoms with Gasteiger partial charge >= 0.3 is 0 Å². The molecule has 1 aromatic carbocycles. The second-order valence-electron chi connectivity index (χ2n) is 7.38. The van der Waals surface area contributed by atoms with Crippen LogP contribution < -0.4 is 10.9 Å². The lowest BCUT2D eigenvalue weighted by atomic mass is 9.52. The minimum Gasteiger partial charge on any atom is -0.273 e. The summed E-state index contributed by atoms with van der Waals surface area (Å²) in [6.45, 7) is 0. The van der Waals surface area contributed by atoms with Gasteiger partial charge in [-0.25, -0.2) is 4.39 Å². The monoisotopic (exact) mass is 316 g/mol. The van der Waals surface area contributed by atoms with E-state index in [9.17, 15) is 14.0 Å². The zero-order valence-electron chi connectivity index (χ0n) is 12.9. The molecule has 0 saturated heterocycles. The fraction of sp³-hybridized carbons (Fsp3) is 0.556. The van der Waals surface area contributed by atoms with E-state index in [4.69, 9.17) is 0 Å². The number of benzene rings is 1. The topological polar surface area (TPSA) is 58.2 Å². The van der Waals surface area contributed by atoms with Crippen LogP contribution in [0.2, 0.25) is 0 Å². The van der Waals surface area contributed by atoms with Gasteiger partial charge in [0, 0.05) is 5.92 Å². The van der Waals surface area contributed by atoms with Crippen LogP contribution in [0.5, 0.6) is 0 Å². The molecule has 0 spiro atoms. The Hall–Kier alpha value is -1.91. The third-order valence-electron chi connectivity index (χ3n) is 5.95. The molecule has 23 heavy (non-hydrogen) atoms. The first-order valence-electron chi connectivity index (χ1n) is 8.46. The van der Waals surface area contributed by atoms with Crippen LogP contribution in [0, 0.1) is 35.4 Å². The zero-order valence-corrected chi connectivity index (χ0v) is 12.9. The van der Waals surface area contributed by atoms with Crippen molar-refractivity contribution in [3.63, 3.8) is 0 Å². The molecule has 4 bridgehead atoms. The lowest BCUT2D eigenvalue weighted by molar-refractivity contribution is -0.138. The van der Waals surface area contributed by atoms with Gasteiger partial charge in [0.25, 0.3) is 5.91 Å². The molecule has 2 amide bonds. The van der Waals surface area contributed by atoms with Crippen LogP contribution in [0.1, 0.15) is 42.5 Å². The largest absolute Gasteiger partial charge is 0.273 e. The first kappa shape index (κ1) is 14.7. The quantitative estimate of drug-likeness (QED) is 0.824. The van der Waals surface area contributed by atoms with Crippen LogP contribution in [-0.2, 0) is 4.79 Å². The van der Waals surface area contributed by atoms with Crippen LogP contribution in [0.3, 0.4) is 0 Å². The highest BCUT2D eigenvalue weighted by Gasteiger charge is 2.50. The van der Waals surface area contributed by atoms with Crippen molar-refractivity contribution in [2.75, 3.05) is 0 Å². The average Bonchev–Trinajstić information content (AvgIpc) is 2.52. The first-order valence-corrected chi connectivity index (χ1v) is 8.46. The van der Waals surface area contributed by atoms with Gasteiger partial charge in [0.1, 0.15) is 5.82 Å². The Morgan fingerprint density at radius 3 is 2.13 bits per heavy atom. The second kappa shape index (κ2) is 5.62. The van der Waals surface area contributed by atoms with Crippen molar-refractivity contribution in [2.45, 2.75) is 32.1 Å². The summed E-state index contributed by atoms with van der Waals surface area (Å²) >= 11 is 0. The van der Waals surface area contributed by atoms with E-state index in [1.54, 1.807) is 6.07 Å². The maximum absolute atomic E-state index is 13.6. The second-order valence-corrected chi connectivity index (χ2v) is 7.38. The van der Waals surface area contributed by atoms with E-state index in [1.165, 1.54) is 24.6 Å². The van der Waals surface area contributed by atoms with Crippen molar-refractivity contribution in [3.05, 3.63) is 35.6 Å². The van der Waals surface area contributed by atoms with Gasteiger partial charge in [0.05, 0.1) is 5.56 Å². The summed E-state index contributed by atoms with van der Waals surface area (Å²) in [6, 6.07) is 5.76. The Morgan fingerprint density at radius 1 is 0.913 bits per heavy atom. The van der Waals surface area contributed by atoms with Gasteiger partial charge in [0.15, 0.2) is 0 Å². The van der Waals surface area contributed by atoms with Gasteiger partial charge in [-0.1, -0.05) is 12.1 Å². The van der Waals surface area contributed by atoms with Gasteiger partial charge in [0.2, 0.25) is 5.91 Å². The van der Waals surface area contributed by atoms with Crippen molar-refractivity contribution in [3.8, 4) is 0 Å².